The van der Waals surface area contributed by atoms with Gasteiger partial charge in [-0.1, -0.05) is 31.4 Å². The second-order valence-corrected chi connectivity index (χ2v) is 8.43. The predicted molar refractivity (Wildman–Crippen MR) is 114 cm³/mol. The first kappa shape index (κ1) is 20.1. The summed E-state index contributed by atoms with van der Waals surface area (Å²) in [4.78, 5) is 35.6. The number of hydrogen-bond acceptors (Lipinski definition) is 4. The van der Waals surface area contributed by atoms with Crippen LogP contribution in [-0.2, 0) is 11.3 Å². The zero-order valence-corrected chi connectivity index (χ0v) is 17.5. The minimum absolute atomic E-state index is 0.0809. The molecular weight excluding hydrogens is 388 g/mol. The Morgan fingerprint density at radius 1 is 1.31 bits per heavy atom. The van der Waals surface area contributed by atoms with Crippen molar-refractivity contribution in [2.24, 2.45) is 0 Å². The Kier molecular flexibility index (Phi) is 6.01. The number of hydrogen-bond donors (Lipinski definition) is 2. The van der Waals surface area contributed by atoms with Crippen molar-refractivity contribution in [1.82, 2.24) is 20.2 Å². The van der Waals surface area contributed by atoms with Gasteiger partial charge in [0, 0.05) is 23.0 Å². The summed E-state index contributed by atoms with van der Waals surface area (Å²) in [5.74, 6) is 0.748. The van der Waals surface area contributed by atoms with Gasteiger partial charge in [-0.05, 0) is 50.1 Å². The molecule has 1 saturated heterocycles. The van der Waals surface area contributed by atoms with E-state index in [9.17, 15) is 9.59 Å². The first-order valence-electron chi connectivity index (χ1n) is 10.5. The second-order valence-electron chi connectivity index (χ2n) is 7.99. The number of fused-ring (bicyclic) bond motifs is 1. The number of amides is 1. The monoisotopic (exact) mass is 414 g/mol. The molecule has 0 saturated carbocycles. The molecule has 4 rings (SSSR count). The van der Waals surface area contributed by atoms with E-state index in [1.165, 1.54) is 0 Å². The summed E-state index contributed by atoms with van der Waals surface area (Å²) in [5.41, 5.74) is 2.15. The molecule has 3 heterocycles. The van der Waals surface area contributed by atoms with Gasteiger partial charge in [-0.2, -0.15) is 0 Å². The highest BCUT2D eigenvalue weighted by molar-refractivity contribution is 6.30. The van der Waals surface area contributed by atoms with E-state index >= 15 is 0 Å². The average molecular weight is 415 g/mol. The number of aromatic amines is 1. The van der Waals surface area contributed by atoms with Crippen LogP contribution in [0.15, 0.2) is 29.1 Å². The lowest BCUT2D eigenvalue weighted by Crippen LogP contribution is -2.48. The average Bonchev–Trinajstić information content (AvgIpc) is 3.27. The summed E-state index contributed by atoms with van der Waals surface area (Å²) in [6, 6.07) is 7.18. The fraction of sp³-hybridized carbons (Fsp3) is 0.500. The summed E-state index contributed by atoms with van der Waals surface area (Å²) in [6.45, 7) is 3.99. The van der Waals surface area contributed by atoms with Gasteiger partial charge in [-0.3, -0.25) is 9.59 Å². The third-order valence-electron chi connectivity index (χ3n) is 5.92. The fourth-order valence-electron chi connectivity index (χ4n) is 4.32. The number of carbonyl (C=O) groups is 1. The molecule has 1 fully saturated rings. The molecule has 0 bridgehead atoms. The minimum Gasteiger partial charge on any atom is -0.336 e. The van der Waals surface area contributed by atoms with Gasteiger partial charge in [0.15, 0.2) is 0 Å². The third kappa shape index (κ3) is 4.23. The summed E-state index contributed by atoms with van der Waals surface area (Å²) in [7, 11) is 0. The Morgan fingerprint density at radius 3 is 2.79 bits per heavy atom. The van der Waals surface area contributed by atoms with Gasteiger partial charge in [-0.25, -0.2) is 4.98 Å². The Balaban J connectivity index is 1.69. The van der Waals surface area contributed by atoms with E-state index in [2.05, 4.69) is 17.2 Å². The van der Waals surface area contributed by atoms with Gasteiger partial charge in [-0.15, -0.1) is 0 Å². The highest BCUT2D eigenvalue weighted by Gasteiger charge is 2.35. The van der Waals surface area contributed by atoms with Gasteiger partial charge in [0.25, 0.3) is 5.56 Å². The van der Waals surface area contributed by atoms with Crippen LogP contribution in [0.4, 0.5) is 0 Å². The van der Waals surface area contributed by atoms with E-state index in [0.29, 0.717) is 29.5 Å². The van der Waals surface area contributed by atoms with E-state index in [1.807, 2.05) is 17.0 Å². The molecule has 0 aliphatic carbocycles. The number of halogens is 1. The highest BCUT2D eigenvalue weighted by Crippen LogP contribution is 2.31. The van der Waals surface area contributed by atoms with Crippen molar-refractivity contribution >= 4 is 17.5 Å². The number of unbranched alkanes of at least 4 members (excludes halogenated alkanes) is 1. The lowest BCUT2D eigenvalue weighted by atomic mass is 9.90. The maximum absolute atomic E-state index is 13.0. The molecule has 6 nitrogen and oxygen atoms in total. The molecule has 2 N–H and O–H groups in total. The summed E-state index contributed by atoms with van der Waals surface area (Å²) < 4.78 is 0. The minimum atomic E-state index is -0.154. The van der Waals surface area contributed by atoms with Crippen molar-refractivity contribution < 1.29 is 4.79 Å². The SMILES string of the molecule is CCCCC1CN(C(=O)C2CCCN2)Cc2c1nc(-c1ccc(Cl)cc1)[nH]c2=O. The zero-order chi connectivity index (χ0) is 20.4. The van der Waals surface area contributed by atoms with Crippen molar-refractivity contribution in [3.8, 4) is 11.4 Å². The van der Waals surface area contributed by atoms with Crippen LogP contribution in [0.25, 0.3) is 11.4 Å². The van der Waals surface area contributed by atoms with Gasteiger partial charge in [0.2, 0.25) is 5.91 Å². The molecule has 1 amide bonds. The van der Waals surface area contributed by atoms with Crippen molar-refractivity contribution in [3.63, 3.8) is 0 Å². The third-order valence-corrected chi connectivity index (χ3v) is 6.17. The molecule has 0 radical (unpaired) electrons. The van der Waals surface area contributed by atoms with Crippen LogP contribution in [0.1, 0.15) is 56.2 Å². The molecule has 2 atom stereocenters. The first-order valence-corrected chi connectivity index (χ1v) is 10.9. The highest BCUT2D eigenvalue weighted by atomic mass is 35.5. The largest absolute Gasteiger partial charge is 0.336 e. The van der Waals surface area contributed by atoms with E-state index in [0.717, 1.165) is 49.9 Å². The van der Waals surface area contributed by atoms with Crippen LogP contribution in [0.2, 0.25) is 5.02 Å². The van der Waals surface area contributed by atoms with Crippen LogP contribution in [0, 0.1) is 0 Å². The molecule has 2 aromatic rings. The van der Waals surface area contributed by atoms with E-state index < -0.39 is 0 Å². The van der Waals surface area contributed by atoms with Gasteiger partial charge in [0.1, 0.15) is 5.82 Å². The van der Waals surface area contributed by atoms with E-state index in [4.69, 9.17) is 16.6 Å². The normalized spacial score (nSPS) is 21.2. The number of benzene rings is 1. The lowest BCUT2D eigenvalue weighted by Gasteiger charge is -2.35. The molecule has 154 valence electrons. The van der Waals surface area contributed by atoms with Crippen LogP contribution in [0.3, 0.4) is 0 Å². The molecule has 2 aliphatic heterocycles. The lowest BCUT2D eigenvalue weighted by molar-refractivity contribution is -0.134. The quantitative estimate of drug-likeness (QED) is 0.785. The van der Waals surface area contributed by atoms with Gasteiger partial charge >= 0.3 is 0 Å². The van der Waals surface area contributed by atoms with Crippen molar-refractivity contribution in [1.29, 1.82) is 0 Å². The summed E-state index contributed by atoms with van der Waals surface area (Å²) >= 11 is 5.99. The molecule has 7 heteroatoms. The van der Waals surface area contributed by atoms with Crippen LogP contribution in [-0.4, -0.2) is 39.9 Å². The van der Waals surface area contributed by atoms with Crippen molar-refractivity contribution in [2.75, 3.05) is 13.1 Å². The molecule has 0 spiro atoms. The van der Waals surface area contributed by atoms with Crippen LogP contribution < -0.4 is 10.9 Å². The number of carbonyl (C=O) groups excluding carboxylic acids is 1. The number of H-pyrrole nitrogens is 1. The molecular formula is C22H27ClN4O2. The molecule has 29 heavy (non-hydrogen) atoms. The fourth-order valence-corrected chi connectivity index (χ4v) is 4.45. The Hall–Kier alpha value is -2.18. The summed E-state index contributed by atoms with van der Waals surface area (Å²) in [5, 5.41) is 3.92. The Bertz CT molecular complexity index is 935. The van der Waals surface area contributed by atoms with Crippen LogP contribution in [0.5, 0.6) is 0 Å². The zero-order valence-electron chi connectivity index (χ0n) is 16.7. The van der Waals surface area contributed by atoms with Crippen molar-refractivity contribution in [3.05, 3.63) is 50.9 Å². The topological polar surface area (TPSA) is 78.1 Å². The number of aromatic nitrogens is 2. The van der Waals surface area contributed by atoms with Gasteiger partial charge in [0.05, 0.1) is 23.8 Å². The maximum atomic E-state index is 13.0. The standard InChI is InChI=1S/C22H27ClN4O2/c1-2-3-5-15-12-27(22(29)18-6-4-11-24-18)13-17-19(15)25-20(26-21(17)28)14-7-9-16(23)10-8-14/h7-10,15,18,24H,2-6,11-13H2,1H3,(H,25,26,28). The molecule has 2 unspecified atom stereocenters. The summed E-state index contributed by atoms with van der Waals surface area (Å²) in [6.07, 6.45) is 4.91. The maximum Gasteiger partial charge on any atom is 0.256 e. The molecule has 1 aromatic heterocycles. The van der Waals surface area contributed by atoms with Crippen molar-refractivity contribution in [2.45, 2.75) is 57.5 Å². The Labute approximate surface area is 175 Å². The molecule has 1 aromatic carbocycles. The van der Waals surface area contributed by atoms with E-state index in [-0.39, 0.29) is 23.4 Å². The Morgan fingerprint density at radius 2 is 2.10 bits per heavy atom. The van der Waals surface area contributed by atoms with Crippen LogP contribution >= 0.6 is 11.6 Å². The predicted octanol–water partition coefficient (Wildman–Crippen LogP) is 3.46. The number of rotatable bonds is 5. The van der Waals surface area contributed by atoms with Gasteiger partial charge < -0.3 is 15.2 Å². The number of nitrogens with zero attached hydrogens (tertiary/aromatic N) is 2. The number of nitrogens with one attached hydrogen (secondary N) is 2. The smallest absolute Gasteiger partial charge is 0.256 e. The van der Waals surface area contributed by atoms with E-state index in [1.54, 1.807) is 12.1 Å². The molecule has 2 aliphatic rings. The first-order chi connectivity index (χ1) is 14.1. The second kappa shape index (κ2) is 8.67.